The van der Waals surface area contributed by atoms with Crippen LogP contribution in [-0.2, 0) is 6.42 Å². The summed E-state index contributed by atoms with van der Waals surface area (Å²) in [5.41, 5.74) is 0.744. The molecule has 18 heavy (non-hydrogen) atoms. The van der Waals surface area contributed by atoms with Crippen LogP contribution in [0.5, 0.6) is 0 Å². The summed E-state index contributed by atoms with van der Waals surface area (Å²) in [6, 6.07) is 5.27. The summed E-state index contributed by atoms with van der Waals surface area (Å²) >= 11 is 5.77. The van der Waals surface area contributed by atoms with Crippen LogP contribution in [0, 0.1) is 11.7 Å². The highest BCUT2D eigenvalue weighted by Crippen LogP contribution is 2.19. The zero-order valence-electron chi connectivity index (χ0n) is 11.5. The van der Waals surface area contributed by atoms with Gasteiger partial charge in [0.2, 0.25) is 0 Å². The summed E-state index contributed by atoms with van der Waals surface area (Å²) in [6.45, 7) is 7.43. The molecular weight excluding hydrogens is 249 g/mol. The highest BCUT2D eigenvalue weighted by atomic mass is 35.5. The topological polar surface area (TPSA) is 12.0 Å². The van der Waals surface area contributed by atoms with Gasteiger partial charge in [-0.25, -0.2) is 4.39 Å². The zero-order chi connectivity index (χ0) is 13.5. The minimum absolute atomic E-state index is 0.199. The molecule has 2 unspecified atom stereocenters. The van der Waals surface area contributed by atoms with Crippen molar-refractivity contribution in [3.8, 4) is 0 Å². The number of halogens is 2. The smallest absolute Gasteiger partial charge is 0.127 e. The number of benzene rings is 1. The van der Waals surface area contributed by atoms with E-state index < -0.39 is 0 Å². The van der Waals surface area contributed by atoms with E-state index in [-0.39, 0.29) is 5.82 Å². The van der Waals surface area contributed by atoms with Gasteiger partial charge >= 0.3 is 0 Å². The lowest BCUT2D eigenvalue weighted by atomic mass is 9.94. The fourth-order valence-corrected chi connectivity index (χ4v) is 2.29. The Labute approximate surface area is 115 Å². The van der Waals surface area contributed by atoms with Crippen LogP contribution in [0.1, 0.15) is 39.2 Å². The molecule has 0 bridgehead atoms. The average Bonchev–Trinajstić information content (AvgIpc) is 2.32. The lowest BCUT2D eigenvalue weighted by Crippen LogP contribution is -2.32. The first kappa shape index (κ1) is 15.5. The molecule has 1 nitrogen and oxygen atoms in total. The molecule has 0 radical (unpaired) electrons. The van der Waals surface area contributed by atoms with Crippen molar-refractivity contribution in [2.45, 2.75) is 46.1 Å². The summed E-state index contributed by atoms with van der Waals surface area (Å²) in [5, 5.41) is 3.90. The number of hydrogen-bond acceptors (Lipinski definition) is 1. The van der Waals surface area contributed by atoms with Crippen molar-refractivity contribution in [1.29, 1.82) is 0 Å². The molecule has 0 saturated carbocycles. The highest BCUT2D eigenvalue weighted by molar-refractivity contribution is 6.30. The fourth-order valence-electron chi connectivity index (χ4n) is 2.13. The molecule has 0 aromatic heterocycles. The maximum Gasteiger partial charge on any atom is 0.127 e. The first-order chi connectivity index (χ1) is 8.56. The van der Waals surface area contributed by atoms with Gasteiger partial charge in [0.1, 0.15) is 5.82 Å². The predicted molar refractivity (Wildman–Crippen MR) is 76.7 cm³/mol. The minimum atomic E-state index is -0.199. The first-order valence-electron chi connectivity index (χ1n) is 6.74. The van der Waals surface area contributed by atoms with Crippen molar-refractivity contribution in [1.82, 2.24) is 5.32 Å². The minimum Gasteiger partial charge on any atom is -0.314 e. The second kappa shape index (κ2) is 7.75. The third-order valence-corrected chi connectivity index (χ3v) is 3.59. The Kier molecular flexibility index (Phi) is 6.66. The average molecular weight is 272 g/mol. The molecule has 1 aromatic carbocycles. The number of likely N-dealkylation sites (N-methyl/N-ethyl adjacent to an activating group) is 1. The fraction of sp³-hybridized carbons (Fsp3) is 0.600. The molecule has 0 aliphatic rings. The summed E-state index contributed by atoms with van der Waals surface area (Å²) in [4.78, 5) is 0. The van der Waals surface area contributed by atoms with Crippen molar-refractivity contribution in [2.24, 2.45) is 5.92 Å². The van der Waals surface area contributed by atoms with Gasteiger partial charge in [-0.1, -0.05) is 44.9 Å². The van der Waals surface area contributed by atoms with Crippen molar-refractivity contribution in [3.05, 3.63) is 34.6 Å². The summed E-state index contributed by atoms with van der Waals surface area (Å²) in [7, 11) is 0. The van der Waals surface area contributed by atoms with Crippen molar-refractivity contribution < 1.29 is 4.39 Å². The van der Waals surface area contributed by atoms with E-state index in [1.807, 2.05) is 0 Å². The van der Waals surface area contributed by atoms with E-state index in [1.54, 1.807) is 12.1 Å². The molecule has 0 fully saturated rings. The Hall–Kier alpha value is -0.600. The molecular formula is C15H23ClFN. The van der Waals surface area contributed by atoms with Crippen LogP contribution in [-0.4, -0.2) is 12.6 Å². The van der Waals surface area contributed by atoms with Crippen LogP contribution < -0.4 is 5.32 Å². The van der Waals surface area contributed by atoms with Gasteiger partial charge < -0.3 is 5.32 Å². The van der Waals surface area contributed by atoms with Crippen LogP contribution >= 0.6 is 11.6 Å². The normalized spacial score (nSPS) is 14.5. The first-order valence-corrected chi connectivity index (χ1v) is 7.11. The van der Waals surface area contributed by atoms with Crippen molar-refractivity contribution in [2.75, 3.05) is 6.54 Å². The third-order valence-electron chi connectivity index (χ3n) is 3.36. The molecule has 2 atom stereocenters. The van der Waals surface area contributed by atoms with E-state index in [0.29, 0.717) is 17.0 Å². The van der Waals surface area contributed by atoms with E-state index >= 15 is 0 Å². The summed E-state index contributed by atoms with van der Waals surface area (Å²) < 4.78 is 13.8. The van der Waals surface area contributed by atoms with Crippen LogP contribution in [0.4, 0.5) is 4.39 Å². The number of hydrogen-bond donors (Lipinski definition) is 1. The second-order valence-corrected chi connectivity index (χ2v) is 5.38. The molecule has 0 amide bonds. The van der Waals surface area contributed by atoms with E-state index in [0.717, 1.165) is 31.4 Å². The van der Waals surface area contributed by atoms with E-state index in [4.69, 9.17) is 11.6 Å². The van der Waals surface area contributed by atoms with Crippen molar-refractivity contribution in [3.63, 3.8) is 0 Å². The van der Waals surface area contributed by atoms with Gasteiger partial charge in [0.25, 0.3) is 0 Å². The quantitative estimate of drug-likeness (QED) is 0.773. The van der Waals surface area contributed by atoms with Crippen molar-refractivity contribution >= 4 is 11.6 Å². The standard InChI is InChI=1S/C15H23ClFN/c1-4-11(3)8-14(18-5-2)9-12-6-7-13(16)10-15(12)17/h6-7,10-11,14,18H,4-5,8-9H2,1-3H3. The van der Waals surface area contributed by atoms with Crippen LogP contribution in [0.3, 0.4) is 0 Å². The predicted octanol–water partition coefficient (Wildman–Crippen LogP) is 4.44. The highest BCUT2D eigenvalue weighted by Gasteiger charge is 2.14. The van der Waals surface area contributed by atoms with Gasteiger partial charge in [0, 0.05) is 11.1 Å². The summed E-state index contributed by atoms with van der Waals surface area (Å²) in [5.74, 6) is 0.457. The maximum absolute atomic E-state index is 13.8. The van der Waals surface area contributed by atoms with Gasteiger partial charge in [-0.3, -0.25) is 0 Å². The van der Waals surface area contributed by atoms with E-state index in [2.05, 4.69) is 26.1 Å². The number of nitrogens with one attached hydrogen (secondary N) is 1. The monoisotopic (exact) mass is 271 g/mol. The SMILES string of the molecule is CCNC(Cc1ccc(Cl)cc1F)CC(C)CC. The lowest BCUT2D eigenvalue weighted by molar-refractivity contribution is 0.393. The van der Waals surface area contributed by atoms with Gasteiger partial charge in [-0.2, -0.15) is 0 Å². The van der Waals surface area contributed by atoms with Gasteiger partial charge in [-0.05, 0) is 43.0 Å². The maximum atomic E-state index is 13.8. The van der Waals surface area contributed by atoms with Gasteiger partial charge in [-0.15, -0.1) is 0 Å². The molecule has 0 spiro atoms. The van der Waals surface area contributed by atoms with Crippen LogP contribution in [0.2, 0.25) is 5.02 Å². The molecule has 1 aromatic rings. The van der Waals surface area contributed by atoms with E-state index in [9.17, 15) is 4.39 Å². The Bertz CT molecular complexity index is 368. The van der Waals surface area contributed by atoms with Crippen LogP contribution in [0.15, 0.2) is 18.2 Å². The third kappa shape index (κ3) is 4.95. The molecule has 1 N–H and O–H groups in total. The molecule has 0 heterocycles. The Morgan fingerprint density at radius 3 is 2.61 bits per heavy atom. The molecule has 1 rings (SSSR count). The van der Waals surface area contributed by atoms with Crippen LogP contribution in [0.25, 0.3) is 0 Å². The Balaban J connectivity index is 2.69. The molecule has 3 heteroatoms. The Morgan fingerprint density at radius 1 is 1.33 bits per heavy atom. The van der Waals surface area contributed by atoms with Gasteiger partial charge in [0.05, 0.1) is 0 Å². The van der Waals surface area contributed by atoms with Gasteiger partial charge in [0.15, 0.2) is 0 Å². The second-order valence-electron chi connectivity index (χ2n) is 4.94. The van der Waals surface area contributed by atoms with E-state index in [1.165, 1.54) is 6.07 Å². The molecule has 0 saturated heterocycles. The largest absolute Gasteiger partial charge is 0.314 e. The summed E-state index contributed by atoms with van der Waals surface area (Å²) in [6.07, 6.45) is 2.96. The molecule has 102 valence electrons. The number of rotatable bonds is 7. The molecule has 0 aliphatic heterocycles. The lowest BCUT2D eigenvalue weighted by Gasteiger charge is -2.21. The Morgan fingerprint density at radius 2 is 2.06 bits per heavy atom. The molecule has 0 aliphatic carbocycles. The zero-order valence-corrected chi connectivity index (χ0v) is 12.2.